The maximum absolute atomic E-state index is 12.1. The van der Waals surface area contributed by atoms with Gasteiger partial charge in [-0.25, -0.2) is 13.1 Å². The molecule has 0 fully saturated rings. The Kier molecular flexibility index (Phi) is 6.88. The van der Waals surface area contributed by atoms with Crippen molar-refractivity contribution in [3.63, 3.8) is 0 Å². The molecule has 0 aromatic heterocycles. The van der Waals surface area contributed by atoms with Crippen LogP contribution in [-0.2, 0) is 36.7 Å². The SMILES string of the molecule is O=C(C[C@@H](NS(=O)(=O)Cc1ccccc1)C(=O)O)OCc1ccccc1. The number of nitrogens with one attached hydrogen (secondary N) is 1. The lowest BCUT2D eigenvalue weighted by atomic mass is 10.2. The number of carboxylic acids is 1. The number of esters is 1. The van der Waals surface area contributed by atoms with E-state index in [4.69, 9.17) is 4.74 Å². The maximum Gasteiger partial charge on any atom is 0.322 e. The molecule has 0 saturated carbocycles. The number of rotatable bonds is 9. The number of sulfonamides is 1. The molecule has 2 N–H and O–H groups in total. The van der Waals surface area contributed by atoms with Gasteiger partial charge in [0.05, 0.1) is 12.2 Å². The summed E-state index contributed by atoms with van der Waals surface area (Å²) >= 11 is 0. The first kappa shape index (κ1) is 19.6. The van der Waals surface area contributed by atoms with Crippen LogP contribution in [0.4, 0.5) is 0 Å². The van der Waals surface area contributed by atoms with E-state index in [9.17, 15) is 23.1 Å². The summed E-state index contributed by atoms with van der Waals surface area (Å²) in [6, 6.07) is 15.6. The molecule has 138 valence electrons. The average Bonchev–Trinajstić information content (AvgIpc) is 2.60. The summed E-state index contributed by atoms with van der Waals surface area (Å²) in [5.74, 6) is -2.63. The number of ether oxygens (including phenoxy) is 1. The Balaban J connectivity index is 1.93. The van der Waals surface area contributed by atoms with Gasteiger partial charge < -0.3 is 9.84 Å². The Morgan fingerprint density at radius 2 is 1.50 bits per heavy atom. The number of carbonyl (C=O) groups is 2. The Morgan fingerprint density at radius 1 is 0.962 bits per heavy atom. The van der Waals surface area contributed by atoms with E-state index in [0.29, 0.717) is 5.56 Å². The lowest BCUT2D eigenvalue weighted by Crippen LogP contribution is -2.42. The van der Waals surface area contributed by atoms with Gasteiger partial charge in [-0.1, -0.05) is 60.7 Å². The Morgan fingerprint density at radius 3 is 2.04 bits per heavy atom. The van der Waals surface area contributed by atoms with Crippen molar-refractivity contribution < 1.29 is 27.9 Å². The highest BCUT2D eigenvalue weighted by Crippen LogP contribution is 2.08. The molecule has 7 nitrogen and oxygen atoms in total. The van der Waals surface area contributed by atoms with E-state index in [1.807, 2.05) is 10.8 Å². The smallest absolute Gasteiger partial charge is 0.322 e. The molecule has 1 atom stereocenters. The molecular formula is C18H19NO6S. The highest BCUT2D eigenvalue weighted by Gasteiger charge is 2.27. The van der Waals surface area contributed by atoms with Gasteiger partial charge in [-0.15, -0.1) is 0 Å². The van der Waals surface area contributed by atoms with Crippen LogP contribution in [0, 0.1) is 0 Å². The number of carbonyl (C=O) groups excluding carboxylic acids is 1. The Labute approximate surface area is 151 Å². The molecule has 0 amide bonds. The van der Waals surface area contributed by atoms with Crippen LogP contribution in [0.5, 0.6) is 0 Å². The summed E-state index contributed by atoms with van der Waals surface area (Å²) in [5.41, 5.74) is 1.26. The van der Waals surface area contributed by atoms with Crippen LogP contribution in [-0.4, -0.2) is 31.5 Å². The Bertz CT molecular complexity index is 836. The van der Waals surface area contributed by atoms with Crippen molar-refractivity contribution in [1.29, 1.82) is 0 Å². The minimum Gasteiger partial charge on any atom is -0.480 e. The predicted octanol–water partition coefficient (Wildman–Crippen LogP) is 1.69. The molecular weight excluding hydrogens is 358 g/mol. The molecule has 0 saturated heterocycles. The van der Waals surface area contributed by atoms with Crippen LogP contribution in [0.2, 0.25) is 0 Å². The molecule has 0 heterocycles. The fraction of sp³-hybridized carbons (Fsp3) is 0.222. The minimum atomic E-state index is -3.93. The highest BCUT2D eigenvalue weighted by atomic mass is 32.2. The van der Waals surface area contributed by atoms with Gasteiger partial charge in [-0.05, 0) is 11.1 Å². The number of benzene rings is 2. The van der Waals surface area contributed by atoms with E-state index in [-0.39, 0.29) is 12.4 Å². The first-order valence-electron chi connectivity index (χ1n) is 7.82. The maximum atomic E-state index is 12.1. The topological polar surface area (TPSA) is 110 Å². The minimum absolute atomic E-state index is 0.0111. The second-order valence-corrected chi connectivity index (χ2v) is 7.36. The second kappa shape index (κ2) is 9.12. The van der Waals surface area contributed by atoms with Gasteiger partial charge in [0.25, 0.3) is 0 Å². The molecule has 0 aliphatic rings. The number of aliphatic carboxylic acids is 1. The van der Waals surface area contributed by atoms with Gasteiger partial charge in [-0.2, -0.15) is 0 Å². The molecule has 0 aliphatic carbocycles. The van der Waals surface area contributed by atoms with Crippen LogP contribution in [0.3, 0.4) is 0 Å². The van der Waals surface area contributed by atoms with E-state index in [1.165, 1.54) is 0 Å². The van der Waals surface area contributed by atoms with Crippen LogP contribution in [0.15, 0.2) is 60.7 Å². The average molecular weight is 377 g/mol. The first-order chi connectivity index (χ1) is 12.4. The van der Waals surface area contributed by atoms with Crippen molar-refractivity contribution in [3.05, 3.63) is 71.8 Å². The zero-order valence-electron chi connectivity index (χ0n) is 13.9. The number of hydrogen-bond acceptors (Lipinski definition) is 5. The van der Waals surface area contributed by atoms with Gasteiger partial charge in [0.15, 0.2) is 0 Å². The first-order valence-corrected chi connectivity index (χ1v) is 9.47. The summed E-state index contributed by atoms with van der Waals surface area (Å²) in [7, 11) is -3.93. The van der Waals surface area contributed by atoms with Gasteiger partial charge in [-0.3, -0.25) is 9.59 Å². The molecule has 8 heteroatoms. The largest absolute Gasteiger partial charge is 0.480 e. The van der Waals surface area contributed by atoms with Crippen LogP contribution < -0.4 is 4.72 Å². The van der Waals surface area contributed by atoms with Gasteiger partial charge in [0, 0.05) is 0 Å². The highest BCUT2D eigenvalue weighted by molar-refractivity contribution is 7.88. The molecule has 2 rings (SSSR count). The third-order valence-corrected chi connectivity index (χ3v) is 4.79. The van der Waals surface area contributed by atoms with Crippen molar-refractivity contribution in [1.82, 2.24) is 4.72 Å². The van der Waals surface area contributed by atoms with Crippen LogP contribution in [0.1, 0.15) is 17.5 Å². The number of carboxylic acid groups (broad SMARTS) is 1. The predicted molar refractivity (Wildman–Crippen MR) is 94.5 cm³/mol. The van der Waals surface area contributed by atoms with Crippen molar-refractivity contribution in [2.45, 2.75) is 24.8 Å². The third-order valence-electron chi connectivity index (χ3n) is 3.43. The molecule has 0 unspecified atom stereocenters. The van der Waals surface area contributed by atoms with E-state index < -0.39 is 34.4 Å². The van der Waals surface area contributed by atoms with Crippen LogP contribution in [0.25, 0.3) is 0 Å². The van der Waals surface area contributed by atoms with Gasteiger partial charge >= 0.3 is 11.9 Å². The zero-order chi connectivity index (χ0) is 19.0. The number of hydrogen-bond donors (Lipinski definition) is 2. The normalized spacial score (nSPS) is 12.3. The molecule has 0 bridgehead atoms. The molecule has 0 radical (unpaired) electrons. The zero-order valence-corrected chi connectivity index (χ0v) is 14.7. The second-order valence-electron chi connectivity index (χ2n) is 5.60. The molecule has 2 aromatic rings. The molecule has 26 heavy (non-hydrogen) atoms. The fourth-order valence-corrected chi connectivity index (χ4v) is 3.53. The molecule has 2 aromatic carbocycles. The summed E-state index contributed by atoms with van der Waals surface area (Å²) in [6.07, 6.45) is -0.601. The van der Waals surface area contributed by atoms with Crippen molar-refractivity contribution >= 4 is 22.0 Å². The Hall–Kier alpha value is -2.71. The van der Waals surface area contributed by atoms with E-state index in [2.05, 4.69) is 0 Å². The van der Waals surface area contributed by atoms with Gasteiger partial charge in [0.1, 0.15) is 12.6 Å². The van der Waals surface area contributed by atoms with Crippen molar-refractivity contribution in [3.8, 4) is 0 Å². The monoisotopic (exact) mass is 377 g/mol. The van der Waals surface area contributed by atoms with E-state index in [0.717, 1.165) is 5.56 Å². The van der Waals surface area contributed by atoms with E-state index in [1.54, 1.807) is 54.6 Å². The molecule has 0 aliphatic heterocycles. The van der Waals surface area contributed by atoms with Crippen molar-refractivity contribution in [2.75, 3.05) is 0 Å². The lowest BCUT2D eigenvalue weighted by Gasteiger charge is -2.14. The summed E-state index contributed by atoms with van der Waals surface area (Å²) in [4.78, 5) is 23.2. The van der Waals surface area contributed by atoms with E-state index >= 15 is 0 Å². The quantitative estimate of drug-likeness (QED) is 0.644. The fourth-order valence-electron chi connectivity index (χ4n) is 2.20. The molecule has 0 spiro atoms. The third kappa shape index (κ3) is 6.66. The van der Waals surface area contributed by atoms with Crippen LogP contribution >= 0.6 is 0 Å². The van der Waals surface area contributed by atoms with Gasteiger partial charge in [0.2, 0.25) is 10.0 Å². The summed E-state index contributed by atoms with van der Waals surface area (Å²) in [6.45, 7) is -0.0111. The van der Waals surface area contributed by atoms with Crippen molar-refractivity contribution in [2.24, 2.45) is 0 Å². The summed E-state index contributed by atoms with van der Waals surface area (Å²) in [5, 5.41) is 9.20. The summed E-state index contributed by atoms with van der Waals surface area (Å²) < 4.78 is 31.3. The lowest BCUT2D eigenvalue weighted by molar-refractivity contribution is -0.150. The standard InChI is InChI=1S/C18H19NO6S/c20-17(25-12-14-7-3-1-4-8-14)11-16(18(21)22)19-26(23,24)13-15-9-5-2-6-10-15/h1-10,16,19H,11-13H2,(H,21,22)/t16-/m1/s1.